The van der Waals surface area contributed by atoms with Crippen molar-refractivity contribution in [1.29, 1.82) is 0 Å². The number of benzene rings is 2. The van der Waals surface area contributed by atoms with E-state index in [4.69, 9.17) is 9.72 Å². The number of aromatic amines is 1. The molecule has 0 radical (unpaired) electrons. The van der Waals surface area contributed by atoms with Crippen LogP contribution in [0.2, 0.25) is 0 Å². The maximum atomic E-state index is 13.3. The van der Waals surface area contributed by atoms with Gasteiger partial charge in [0.25, 0.3) is 5.56 Å². The van der Waals surface area contributed by atoms with E-state index in [0.29, 0.717) is 29.3 Å². The monoisotopic (exact) mass is 476 g/mol. The molecule has 2 heterocycles. The number of carbonyl (C=O) groups excluding carboxylic acids is 1. The van der Waals surface area contributed by atoms with Crippen molar-refractivity contribution in [2.24, 2.45) is 0 Å². The molecular weight excluding hydrogens is 448 g/mol. The number of methoxy groups -OCH3 is 1. The average Bonchev–Trinajstić information content (AvgIpc) is 3.31. The predicted molar refractivity (Wildman–Crippen MR) is 136 cm³/mol. The Hall–Kier alpha value is -3.52. The zero-order valence-electron chi connectivity index (χ0n) is 19.3. The number of carbonyl (C=O) groups is 1. The summed E-state index contributed by atoms with van der Waals surface area (Å²) in [5.41, 5.74) is 3.86. The number of thioether (sulfide) groups is 1. The predicted octanol–water partition coefficient (Wildman–Crippen LogP) is 4.61. The van der Waals surface area contributed by atoms with Crippen LogP contribution in [-0.2, 0) is 17.9 Å². The molecule has 2 N–H and O–H groups in total. The topological polar surface area (TPSA) is 89.0 Å². The van der Waals surface area contributed by atoms with Crippen LogP contribution in [0.4, 0.5) is 0 Å². The molecule has 0 bridgehead atoms. The number of nitrogens with one attached hydrogen (secondary N) is 2. The molecular formula is C26H28N4O3S. The summed E-state index contributed by atoms with van der Waals surface area (Å²) in [6.45, 7) is 3.07. The molecule has 0 atom stereocenters. The minimum absolute atomic E-state index is 0.109. The van der Waals surface area contributed by atoms with Crippen LogP contribution in [0.1, 0.15) is 25.3 Å². The first-order chi connectivity index (χ1) is 16.6. The number of hydrogen-bond donors (Lipinski definition) is 2. The fourth-order valence-electron chi connectivity index (χ4n) is 3.66. The molecule has 0 saturated heterocycles. The Morgan fingerprint density at radius 1 is 1.15 bits per heavy atom. The Labute approximate surface area is 202 Å². The Balaban J connectivity index is 1.54. The number of unbranched alkanes of at least 4 members (excludes halogenated alkanes) is 1. The number of fused-ring (bicyclic) bond motifs is 1. The summed E-state index contributed by atoms with van der Waals surface area (Å²) in [7, 11) is 1.62. The smallest absolute Gasteiger partial charge is 0.278 e. The van der Waals surface area contributed by atoms with Gasteiger partial charge in [-0.25, -0.2) is 4.98 Å². The van der Waals surface area contributed by atoms with E-state index in [2.05, 4.69) is 17.2 Å². The second-order valence-corrected chi connectivity index (χ2v) is 8.85. The van der Waals surface area contributed by atoms with Crippen molar-refractivity contribution < 1.29 is 9.53 Å². The van der Waals surface area contributed by atoms with Gasteiger partial charge in [0, 0.05) is 24.8 Å². The maximum absolute atomic E-state index is 13.3. The van der Waals surface area contributed by atoms with E-state index in [1.54, 1.807) is 11.7 Å². The highest BCUT2D eigenvalue weighted by Crippen LogP contribution is 2.27. The molecule has 0 aliphatic heterocycles. The van der Waals surface area contributed by atoms with Crippen LogP contribution >= 0.6 is 11.8 Å². The molecule has 0 saturated carbocycles. The van der Waals surface area contributed by atoms with Gasteiger partial charge >= 0.3 is 0 Å². The number of ether oxygens (including phenoxy) is 1. The first-order valence-electron chi connectivity index (χ1n) is 11.3. The van der Waals surface area contributed by atoms with Gasteiger partial charge in [0.2, 0.25) is 5.91 Å². The Bertz CT molecular complexity index is 1310. The molecule has 0 aliphatic rings. The van der Waals surface area contributed by atoms with Crippen LogP contribution in [0.5, 0.6) is 5.75 Å². The molecule has 2 aromatic carbocycles. The zero-order chi connectivity index (χ0) is 23.9. The third-order valence-electron chi connectivity index (χ3n) is 5.55. The summed E-state index contributed by atoms with van der Waals surface area (Å²) in [5, 5.41) is 3.49. The lowest BCUT2D eigenvalue weighted by atomic mass is 10.1. The molecule has 34 heavy (non-hydrogen) atoms. The van der Waals surface area contributed by atoms with Crippen LogP contribution in [0.25, 0.3) is 22.2 Å². The van der Waals surface area contributed by atoms with E-state index >= 15 is 0 Å². The molecule has 0 unspecified atom stereocenters. The van der Waals surface area contributed by atoms with E-state index in [1.165, 1.54) is 11.8 Å². The van der Waals surface area contributed by atoms with E-state index in [9.17, 15) is 9.59 Å². The van der Waals surface area contributed by atoms with Crippen molar-refractivity contribution in [3.63, 3.8) is 0 Å². The van der Waals surface area contributed by atoms with Crippen molar-refractivity contribution in [3.05, 3.63) is 76.7 Å². The van der Waals surface area contributed by atoms with Gasteiger partial charge in [-0.1, -0.05) is 67.6 Å². The molecule has 0 spiro atoms. The van der Waals surface area contributed by atoms with Gasteiger partial charge < -0.3 is 15.0 Å². The van der Waals surface area contributed by atoms with Crippen LogP contribution in [0.15, 0.2) is 70.7 Å². The molecule has 4 aromatic rings. The lowest BCUT2D eigenvalue weighted by molar-refractivity contribution is -0.118. The minimum atomic E-state index is -0.116. The van der Waals surface area contributed by atoms with Crippen LogP contribution in [0.3, 0.4) is 0 Å². The second-order valence-electron chi connectivity index (χ2n) is 7.91. The number of H-pyrrole nitrogens is 1. The first-order valence-corrected chi connectivity index (χ1v) is 12.3. The van der Waals surface area contributed by atoms with Crippen molar-refractivity contribution >= 4 is 28.7 Å². The fourth-order valence-corrected chi connectivity index (χ4v) is 4.51. The van der Waals surface area contributed by atoms with E-state index in [1.807, 2.05) is 60.8 Å². The Morgan fingerprint density at radius 2 is 1.91 bits per heavy atom. The minimum Gasteiger partial charge on any atom is -0.497 e. The van der Waals surface area contributed by atoms with Crippen LogP contribution in [0, 0.1) is 0 Å². The molecule has 8 heteroatoms. The van der Waals surface area contributed by atoms with Gasteiger partial charge in [0.15, 0.2) is 5.16 Å². The standard InChI is InChI=1S/C26H28N4O3S/c1-3-4-14-30-25(32)24-23(21(16-28-24)19-8-6-5-7-9-19)29-26(30)34-17-22(31)27-15-18-10-12-20(33-2)13-11-18/h5-13,16,28H,3-4,14-15,17H2,1-2H3,(H,27,31). The highest BCUT2D eigenvalue weighted by atomic mass is 32.2. The summed E-state index contributed by atoms with van der Waals surface area (Å²) in [6, 6.07) is 17.4. The van der Waals surface area contributed by atoms with Gasteiger partial charge in [-0.2, -0.15) is 0 Å². The lowest BCUT2D eigenvalue weighted by Crippen LogP contribution is -2.27. The van der Waals surface area contributed by atoms with Crippen LogP contribution in [-0.4, -0.2) is 33.3 Å². The van der Waals surface area contributed by atoms with Crippen molar-refractivity contribution in [2.75, 3.05) is 12.9 Å². The van der Waals surface area contributed by atoms with E-state index in [0.717, 1.165) is 35.3 Å². The van der Waals surface area contributed by atoms with Crippen molar-refractivity contribution in [2.45, 2.75) is 38.0 Å². The van der Waals surface area contributed by atoms with E-state index in [-0.39, 0.29) is 17.2 Å². The van der Waals surface area contributed by atoms with Gasteiger partial charge in [-0.05, 0) is 29.7 Å². The third kappa shape index (κ3) is 5.34. The molecule has 7 nitrogen and oxygen atoms in total. The molecule has 0 aliphatic carbocycles. The zero-order valence-corrected chi connectivity index (χ0v) is 20.2. The summed E-state index contributed by atoms with van der Waals surface area (Å²) in [6.07, 6.45) is 3.64. The number of amides is 1. The SMILES string of the molecule is CCCCn1c(SCC(=O)NCc2ccc(OC)cc2)nc2c(-c3ccccc3)c[nH]c2c1=O. The van der Waals surface area contributed by atoms with Gasteiger partial charge in [-0.3, -0.25) is 14.2 Å². The molecule has 2 aromatic heterocycles. The summed E-state index contributed by atoms with van der Waals surface area (Å²) in [5.74, 6) is 0.831. The summed E-state index contributed by atoms with van der Waals surface area (Å²) < 4.78 is 6.84. The maximum Gasteiger partial charge on any atom is 0.278 e. The largest absolute Gasteiger partial charge is 0.497 e. The number of aromatic nitrogens is 3. The third-order valence-corrected chi connectivity index (χ3v) is 6.53. The second kappa shape index (κ2) is 11.1. The highest BCUT2D eigenvalue weighted by Gasteiger charge is 2.17. The average molecular weight is 477 g/mol. The van der Waals surface area contributed by atoms with Gasteiger partial charge in [-0.15, -0.1) is 0 Å². The Morgan fingerprint density at radius 3 is 2.62 bits per heavy atom. The number of rotatable bonds is 10. The fraction of sp³-hybridized carbons (Fsp3) is 0.269. The molecule has 176 valence electrons. The first kappa shape index (κ1) is 23.6. The van der Waals surface area contributed by atoms with Crippen LogP contribution < -0.4 is 15.6 Å². The molecule has 4 rings (SSSR count). The van der Waals surface area contributed by atoms with Gasteiger partial charge in [0.1, 0.15) is 16.8 Å². The molecule has 0 fully saturated rings. The lowest BCUT2D eigenvalue weighted by Gasteiger charge is -2.12. The molecule has 1 amide bonds. The summed E-state index contributed by atoms with van der Waals surface area (Å²) >= 11 is 1.29. The quantitative estimate of drug-likeness (QED) is 0.258. The highest BCUT2D eigenvalue weighted by molar-refractivity contribution is 7.99. The van der Waals surface area contributed by atoms with Crippen molar-refractivity contribution in [1.82, 2.24) is 19.9 Å². The van der Waals surface area contributed by atoms with E-state index < -0.39 is 0 Å². The number of nitrogens with zero attached hydrogens (tertiary/aromatic N) is 2. The van der Waals surface area contributed by atoms with Gasteiger partial charge in [0.05, 0.1) is 12.9 Å². The number of hydrogen-bond acceptors (Lipinski definition) is 5. The van der Waals surface area contributed by atoms with Crippen molar-refractivity contribution in [3.8, 4) is 16.9 Å². The normalized spacial score (nSPS) is 11.0. The summed E-state index contributed by atoms with van der Waals surface area (Å²) in [4.78, 5) is 33.8. The Kier molecular flexibility index (Phi) is 7.69.